The zero-order valence-electron chi connectivity index (χ0n) is 9.17. The quantitative estimate of drug-likeness (QED) is 0.715. The van der Waals surface area contributed by atoms with Crippen LogP contribution in [0.4, 0.5) is 0 Å². The van der Waals surface area contributed by atoms with Gasteiger partial charge >= 0.3 is 0 Å². The Bertz CT molecular complexity index is 398. The van der Waals surface area contributed by atoms with Crippen LogP contribution >= 0.6 is 0 Å². The molecule has 1 aromatic rings. The zero-order chi connectivity index (χ0) is 11.1. The lowest BCUT2D eigenvalue weighted by Gasteiger charge is -2.16. The molecule has 0 aliphatic heterocycles. The van der Waals surface area contributed by atoms with Crippen LogP contribution in [-0.4, -0.2) is 12.1 Å². The summed E-state index contributed by atoms with van der Waals surface area (Å²) in [6.45, 7) is 4.51. The fraction of sp³-hybridized carbons (Fsp3) is 0.286. The van der Waals surface area contributed by atoms with Crippen LogP contribution in [0.25, 0.3) is 0 Å². The van der Waals surface area contributed by atoms with Crippen molar-refractivity contribution >= 4 is 0 Å². The minimum absolute atomic E-state index is 0.286. The van der Waals surface area contributed by atoms with E-state index in [4.69, 9.17) is 6.42 Å². The maximum atomic E-state index is 5.34. The highest BCUT2D eigenvalue weighted by atomic mass is 14.9. The fourth-order valence-electron chi connectivity index (χ4n) is 0.984. The van der Waals surface area contributed by atoms with E-state index in [1.807, 2.05) is 44.2 Å². The van der Waals surface area contributed by atoms with E-state index in [-0.39, 0.29) is 5.54 Å². The molecule has 0 heterocycles. The van der Waals surface area contributed by atoms with Crippen molar-refractivity contribution in [2.24, 2.45) is 0 Å². The van der Waals surface area contributed by atoms with Gasteiger partial charge in [0.05, 0.1) is 12.1 Å². The summed E-state index contributed by atoms with van der Waals surface area (Å²) in [6.07, 6.45) is 5.34. The Morgan fingerprint density at radius 2 is 1.93 bits per heavy atom. The van der Waals surface area contributed by atoms with Crippen LogP contribution in [0.3, 0.4) is 0 Å². The summed E-state index contributed by atoms with van der Waals surface area (Å²) in [5.74, 6) is 8.76. The molecule has 0 aliphatic rings. The van der Waals surface area contributed by atoms with Crippen LogP contribution < -0.4 is 5.32 Å². The van der Waals surface area contributed by atoms with E-state index in [1.54, 1.807) is 0 Å². The van der Waals surface area contributed by atoms with Gasteiger partial charge in [-0.05, 0) is 26.0 Å². The first-order valence-corrected chi connectivity index (χ1v) is 4.91. The Kier molecular flexibility index (Phi) is 3.98. The highest BCUT2D eigenvalue weighted by Gasteiger charge is 2.09. The average molecular weight is 197 g/mol. The minimum Gasteiger partial charge on any atom is -0.291 e. The summed E-state index contributed by atoms with van der Waals surface area (Å²) in [4.78, 5) is 0. The highest BCUT2D eigenvalue weighted by Crippen LogP contribution is 1.97. The third-order valence-electron chi connectivity index (χ3n) is 1.99. The van der Waals surface area contributed by atoms with Crippen LogP contribution in [0.15, 0.2) is 30.3 Å². The van der Waals surface area contributed by atoms with E-state index in [9.17, 15) is 0 Å². The van der Waals surface area contributed by atoms with Crippen LogP contribution in [0.1, 0.15) is 19.4 Å². The average Bonchev–Trinajstić information content (AvgIpc) is 2.26. The molecule has 0 saturated heterocycles. The number of benzene rings is 1. The number of nitrogens with one attached hydrogen (secondary N) is 1. The van der Waals surface area contributed by atoms with E-state index in [0.29, 0.717) is 6.54 Å². The maximum Gasteiger partial charge on any atom is 0.0748 e. The Morgan fingerprint density at radius 1 is 1.27 bits per heavy atom. The Morgan fingerprint density at radius 3 is 2.53 bits per heavy atom. The van der Waals surface area contributed by atoms with Gasteiger partial charge in [0, 0.05) is 5.56 Å². The van der Waals surface area contributed by atoms with Crippen LogP contribution in [0.2, 0.25) is 0 Å². The predicted molar refractivity (Wildman–Crippen MR) is 64.2 cm³/mol. The number of hydrogen-bond donors (Lipinski definition) is 1. The molecule has 0 spiro atoms. The number of hydrogen-bond acceptors (Lipinski definition) is 1. The molecule has 1 N–H and O–H groups in total. The van der Waals surface area contributed by atoms with Crippen molar-refractivity contribution in [1.82, 2.24) is 5.32 Å². The number of rotatable bonds is 2. The Balaban J connectivity index is 2.46. The van der Waals surface area contributed by atoms with E-state index in [0.717, 1.165) is 5.56 Å². The van der Waals surface area contributed by atoms with E-state index >= 15 is 0 Å². The normalized spacial score (nSPS) is 9.93. The SMILES string of the molecule is C#CC(C)(C)NCC#Cc1ccccc1. The fourth-order valence-corrected chi connectivity index (χ4v) is 0.984. The third kappa shape index (κ3) is 4.36. The van der Waals surface area contributed by atoms with Crippen molar-refractivity contribution in [1.29, 1.82) is 0 Å². The monoisotopic (exact) mass is 197 g/mol. The lowest BCUT2D eigenvalue weighted by Crippen LogP contribution is -2.37. The Labute approximate surface area is 91.9 Å². The van der Waals surface area contributed by atoms with E-state index < -0.39 is 0 Å². The Hall–Kier alpha value is -1.70. The molecule has 0 fully saturated rings. The summed E-state index contributed by atoms with van der Waals surface area (Å²) < 4.78 is 0. The molecule has 15 heavy (non-hydrogen) atoms. The molecule has 0 bridgehead atoms. The van der Waals surface area contributed by atoms with Gasteiger partial charge in [-0.2, -0.15) is 0 Å². The van der Waals surface area contributed by atoms with Gasteiger partial charge in [-0.1, -0.05) is 36.0 Å². The van der Waals surface area contributed by atoms with Gasteiger partial charge in [-0.25, -0.2) is 0 Å². The van der Waals surface area contributed by atoms with Crippen LogP contribution in [0.5, 0.6) is 0 Å². The molecule has 0 amide bonds. The summed E-state index contributed by atoms with van der Waals surface area (Å²) in [7, 11) is 0. The van der Waals surface area contributed by atoms with Gasteiger partial charge < -0.3 is 0 Å². The first-order chi connectivity index (χ1) is 7.14. The third-order valence-corrected chi connectivity index (χ3v) is 1.99. The second-order valence-electron chi connectivity index (χ2n) is 3.79. The standard InChI is InChI=1S/C14H15N/c1-4-14(2,3)15-12-8-11-13-9-6-5-7-10-13/h1,5-7,9-10,15H,12H2,2-3H3. The molecule has 1 aromatic carbocycles. The molecule has 1 nitrogen and oxygen atoms in total. The van der Waals surface area contributed by atoms with Crippen molar-refractivity contribution in [2.45, 2.75) is 19.4 Å². The van der Waals surface area contributed by atoms with Crippen LogP contribution in [-0.2, 0) is 0 Å². The van der Waals surface area contributed by atoms with Crippen LogP contribution in [0, 0.1) is 24.2 Å². The smallest absolute Gasteiger partial charge is 0.0748 e. The van der Waals surface area contributed by atoms with Crippen molar-refractivity contribution in [3.63, 3.8) is 0 Å². The van der Waals surface area contributed by atoms with Crippen molar-refractivity contribution in [3.05, 3.63) is 35.9 Å². The van der Waals surface area contributed by atoms with Gasteiger partial charge in [0.25, 0.3) is 0 Å². The second kappa shape index (κ2) is 5.25. The zero-order valence-corrected chi connectivity index (χ0v) is 9.17. The maximum absolute atomic E-state index is 5.34. The minimum atomic E-state index is -0.286. The van der Waals surface area contributed by atoms with Crippen molar-refractivity contribution in [3.8, 4) is 24.2 Å². The van der Waals surface area contributed by atoms with Gasteiger partial charge in [0.2, 0.25) is 0 Å². The van der Waals surface area contributed by atoms with Gasteiger partial charge in [-0.15, -0.1) is 6.42 Å². The molecule has 0 radical (unpaired) electrons. The molecule has 76 valence electrons. The van der Waals surface area contributed by atoms with Gasteiger partial charge in [0.15, 0.2) is 0 Å². The molecular weight excluding hydrogens is 182 g/mol. The predicted octanol–water partition coefficient (Wildman–Crippen LogP) is 2.04. The van der Waals surface area contributed by atoms with Crippen molar-refractivity contribution < 1.29 is 0 Å². The molecule has 0 atom stereocenters. The molecule has 0 unspecified atom stereocenters. The molecule has 1 rings (SSSR count). The lowest BCUT2D eigenvalue weighted by atomic mass is 10.1. The first kappa shape index (κ1) is 11.4. The summed E-state index contributed by atoms with van der Waals surface area (Å²) in [6, 6.07) is 9.90. The second-order valence-corrected chi connectivity index (χ2v) is 3.79. The largest absolute Gasteiger partial charge is 0.291 e. The molecule has 0 saturated carbocycles. The van der Waals surface area contributed by atoms with E-state index in [1.165, 1.54) is 0 Å². The molecule has 1 heteroatoms. The summed E-state index contributed by atoms with van der Waals surface area (Å²) >= 11 is 0. The number of terminal acetylenes is 1. The molecule has 0 aliphatic carbocycles. The first-order valence-electron chi connectivity index (χ1n) is 4.91. The highest BCUT2D eigenvalue weighted by molar-refractivity contribution is 5.33. The van der Waals surface area contributed by atoms with Gasteiger partial charge in [-0.3, -0.25) is 5.32 Å². The lowest BCUT2D eigenvalue weighted by molar-refractivity contribution is 0.527. The topological polar surface area (TPSA) is 12.0 Å². The summed E-state index contributed by atoms with van der Waals surface area (Å²) in [5, 5.41) is 3.17. The molecular formula is C14H15N. The van der Waals surface area contributed by atoms with E-state index in [2.05, 4.69) is 23.1 Å². The summed E-state index contributed by atoms with van der Waals surface area (Å²) in [5.41, 5.74) is 0.739. The van der Waals surface area contributed by atoms with Gasteiger partial charge in [0.1, 0.15) is 0 Å². The molecule has 0 aromatic heterocycles. The van der Waals surface area contributed by atoms with Crippen molar-refractivity contribution in [2.75, 3.05) is 6.54 Å².